The lowest BCUT2D eigenvalue weighted by Gasteiger charge is -2.20. The van der Waals surface area contributed by atoms with Crippen LogP contribution in [0.25, 0.3) is 0 Å². The molecule has 2 aromatic rings. The van der Waals surface area contributed by atoms with Crippen molar-refractivity contribution in [3.63, 3.8) is 0 Å². The summed E-state index contributed by atoms with van der Waals surface area (Å²) in [4.78, 5) is 15.2. The largest absolute Gasteiger partial charge is 0.489 e. The van der Waals surface area contributed by atoms with Crippen LogP contribution in [0.5, 0.6) is 5.75 Å². The molecule has 0 bridgehead atoms. The zero-order valence-corrected chi connectivity index (χ0v) is 12.0. The van der Waals surface area contributed by atoms with Gasteiger partial charge in [0, 0.05) is 12.4 Å². The Bertz CT molecular complexity index is 612. The fourth-order valence-corrected chi connectivity index (χ4v) is 1.94. The number of aromatic nitrogens is 1. The first kappa shape index (κ1) is 15.0. The monoisotopic (exact) mass is 285 g/mol. The standard InChI is InChI=1S/C16H19N3O2/c1-16(18,15(17)20)10-12-3-2-4-13(9-12)11-21-14-5-7-19-8-6-14/h2-9H,10-11,18H2,1H3,(H2,17,20). The average molecular weight is 285 g/mol. The van der Waals surface area contributed by atoms with Gasteiger partial charge in [0.1, 0.15) is 12.4 Å². The highest BCUT2D eigenvalue weighted by molar-refractivity contribution is 5.84. The number of carbonyl (C=O) groups excluding carboxylic acids is 1. The minimum Gasteiger partial charge on any atom is -0.489 e. The summed E-state index contributed by atoms with van der Waals surface area (Å²) in [6, 6.07) is 11.4. The summed E-state index contributed by atoms with van der Waals surface area (Å²) < 4.78 is 5.66. The second-order valence-corrected chi connectivity index (χ2v) is 5.25. The topological polar surface area (TPSA) is 91.2 Å². The van der Waals surface area contributed by atoms with Crippen LogP contribution in [0.1, 0.15) is 18.1 Å². The lowest BCUT2D eigenvalue weighted by molar-refractivity contribution is -0.122. The number of carbonyl (C=O) groups is 1. The van der Waals surface area contributed by atoms with E-state index in [9.17, 15) is 4.79 Å². The first-order valence-electron chi connectivity index (χ1n) is 6.67. The molecule has 5 heteroatoms. The lowest BCUT2D eigenvalue weighted by Crippen LogP contribution is -2.51. The van der Waals surface area contributed by atoms with Crippen molar-refractivity contribution in [1.29, 1.82) is 0 Å². The molecule has 1 aromatic heterocycles. The molecule has 5 nitrogen and oxygen atoms in total. The van der Waals surface area contributed by atoms with Gasteiger partial charge < -0.3 is 16.2 Å². The number of hydrogen-bond donors (Lipinski definition) is 2. The van der Waals surface area contributed by atoms with Gasteiger partial charge in [-0.05, 0) is 36.6 Å². The zero-order valence-electron chi connectivity index (χ0n) is 12.0. The van der Waals surface area contributed by atoms with Crippen LogP contribution in [0.3, 0.4) is 0 Å². The number of amides is 1. The number of ether oxygens (including phenoxy) is 1. The molecule has 21 heavy (non-hydrogen) atoms. The second-order valence-electron chi connectivity index (χ2n) is 5.25. The Labute approximate surface area is 123 Å². The van der Waals surface area contributed by atoms with E-state index in [1.807, 2.05) is 24.3 Å². The number of hydrogen-bond acceptors (Lipinski definition) is 4. The Balaban J connectivity index is 2.03. The van der Waals surface area contributed by atoms with Crippen LogP contribution in [-0.2, 0) is 17.8 Å². The molecule has 1 amide bonds. The highest BCUT2D eigenvalue weighted by Gasteiger charge is 2.25. The van der Waals surface area contributed by atoms with Crippen LogP contribution in [0, 0.1) is 0 Å². The van der Waals surface area contributed by atoms with Gasteiger partial charge in [-0.25, -0.2) is 0 Å². The maximum Gasteiger partial charge on any atom is 0.237 e. The Kier molecular flexibility index (Phi) is 4.55. The van der Waals surface area contributed by atoms with Gasteiger partial charge in [0.25, 0.3) is 0 Å². The second kappa shape index (κ2) is 6.37. The van der Waals surface area contributed by atoms with Crippen molar-refractivity contribution in [3.05, 3.63) is 59.9 Å². The molecule has 1 heterocycles. The van der Waals surface area contributed by atoms with Crippen molar-refractivity contribution in [2.75, 3.05) is 0 Å². The molecule has 1 aromatic carbocycles. The Hall–Kier alpha value is -2.40. The molecule has 1 unspecified atom stereocenters. The summed E-state index contributed by atoms with van der Waals surface area (Å²) in [5.41, 5.74) is 12.1. The van der Waals surface area contributed by atoms with Crippen molar-refractivity contribution < 1.29 is 9.53 Å². The molecule has 1 atom stereocenters. The molecule has 4 N–H and O–H groups in total. The SMILES string of the molecule is CC(N)(Cc1cccc(COc2ccncc2)c1)C(N)=O. The van der Waals surface area contributed by atoms with Crippen molar-refractivity contribution in [2.24, 2.45) is 11.5 Å². The third-order valence-corrected chi connectivity index (χ3v) is 3.18. The Morgan fingerprint density at radius 3 is 2.57 bits per heavy atom. The van der Waals surface area contributed by atoms with Crippen LogP contribution in [0.15, 0.2) is 48.8 Å². The average Bonchev–Trinajstić information content (AvgIpc) is 2.46. The predicted octanol–water partition coefficient (Wildman–Crippen LogP) is 1.41. The molecule has 0 aliphatic rings. The minimum absolute atomic E-state index is 0.394. The van der Waals surface area contributed by atoms with Gasteiger partial charge in [-0.1, -0.05) is 24.3 Å². The molecule has 0 saturated heterocycles. The van der Waals surface area contributed by atoms with Gasteiger partial charge in [-0.15, -0.1) is 0 Å². The third-order valence-electron chi connectivity index (χ3n) is 3.18. The lowest BCUT2D eigenvalue weighted by atomic mass is 9.92. The number of benzene rings is 1. The van der Waals surface area contributed by atoms with E-state index in [1.165, 1.54) is 0 Å². The van der Waals surface area contributed by atoms with Crippen molar-refractivity contribution in [2.45, 2.75) is 25.5 Å². The molecule has 0 fully saturated rings. The van der Waals surface area contributed by atoms with Gasteiger partial charge in [-0.3, -0.25) is 9.78 Å². The van der Waals surface area contributed by atoms with Gasteiger partial charge >= 0.3 is 0 Å². The molecule has 0 aliphatic carbocycles. The van der Waals surface area contributed by atoms with Crippen molar-refractivity contribution >= 4 is 5.91 Å². The number of pyridine rings is 1. The van der Waals surface area contributed by atoms with Crippen molar-refractivity contribution in [3.8, 4) is 5.75 Å². The van der Waals surface area contributed by atoms with Crippen LogP contribution >= 0.6 is 0 Å². The number of nitrogens with zero attached hydrogens (tertiary/aromatic N) is 1. The van der Waals surface area contributed by atoms with E-state index in [2.05, 4.69) is 4.98 Å². The quantitative estimate of drug-likeness (QED) is 0.839. The van der Waals surface area contributed by atoms with Gasteiger partial charge in [0.15, 0.2) is 0 Å². The Morgan fingerprint density at radius 2 is 1.90 bits per heavy atom. The normalized spacial score (nSPS) is 13.4. The van der Waals surface area contributed by atoms with E-state index in [4.69, 9.17) is 16.2 Å². The molecular weight excluding hydrogens is 266 g/mol. The van der Waals surface area contributed by atoms with Crippen molar-refractivity contribution in [1.82, 2.24) is 4.98 Å². The fourth-order valence-electron chi connectivity index (χ4n) is 1.94. The smallest absolute Gasteiger partial charge is 0.237 e. The van der Waals surface area contributed by atoms with Crippen LogP contribution in [0.2, 0.25) is 0 Å². The van der Waals surface area contributed by atoms with Gasteiger partial charge in [0.2, 0.25) is 5.91 Å². The molecule has 110 valence electrons. The minimum atomic E-state index is -1.05. The molecule has 0 aliphatic heterocycles. The molecule has 0 saturated carbocycles. The number of nitrogens with two attached hydrogens (primary N) is 2. The van der Waals surface area contributed by atoms with E-state index < -0.39 is 11.4 Å². The summed E-state index contributed by atoms with van der Waals surface area (Å²) in [6.07, 6.45) is 3.75. The summed E-state index contributed by atoms with van der Waals surface area (Å²) in [6.45, 7) is 2.07. The Morgan fingerprint density at radius 1 is 1.24 bits per heavy atom. The van der Waals surface area contributed by atoms with E-state index in [0.717, 1.165) is 16.9 Å². The number of primary amides is 1. The molecule has 2 rings (SSSR count). The van der Waals surface area contributed by atoms with Gasteiger partial charge in [0.05, 0.1) is 5.54 Å². The van der Waals surface area contributed by atoms with Crippen LogP contribution < -0.4 is 16.2 Å². The fraction of sp³-hybridized carbons (Fsp3) is 0.250. The van der Waals surface area contributed by atoms with E-state index in [1.54, 1.807) is 31.5 Å². The van der Waals surface area contributed by atoms with Crippen LogP contribution in [-0.4, -0.2) is 16.4 Å². The first-order valence-corrected chi connectivity index (χ1v) is 6.67. The zero-order chi connectivity index (χ0) is 15.3. The van der Waals surface area contributed by atoms with E-state index in [-0.39, 0.29) is 0 Å². The van der Waals surface area contributed by atoms with Gasteiger partial charge in [-0.2, -0.15) is 0 Å². The molecular formula is C16H19N3O2. The number of rotatable bonds is 6. The first-order chi connectivity index (χ1) is 9.97. The third kappa shape index (κ3) is 4.29. The summed E-state index contributed by atoms with van der Waals surface area (Å²) in [5, 5.41) is 0. The van der Waals surface area contributed by atoms with E-state index >= 15 is 0 Å². The highest BCUT2D eigenvalue weighted by Crippen LogP contribution is 2.15. The van der Waals surface area contributed by atoms with E-state index in [0.29, 0.717) is 13.0 Å². The molecule has 0 radical (unpaired) electrons. The van der Waals surface area contributed by atoms with Crippen LogP contribution in [0.4, 0.5) is 0 Å². The summed E-state index contributed by atoms with van der Waals surface area (Å²) in [7, 11) is 0. The summed E-state index contributed by atoms with van der Waals surface area (Å²) in [5.74, 6) is 0.247. The maximum atomic E-state index is 11.3. The maximum absolute atomic E-state index is 11.3. The highest BCUT2D eigenvalue weighted by atomic mass is 16.5. The predicted molar refractivity (Wildman–Crippen MR) is 80.5 cm³/mol. The molecule has 0 spiro atoms. The summed E-state index contributed by atoms with van der Waals surface area (Å²) >= 11 is 0.